The second-order valence-electron chi connectivity index (χ2n) is 9.47. The normalized spacial score (nSPS) is 13.5. The Balaban J connectivity index is 1.43. The number of nitrogens with zero attached hydrogens (tertiary/aromatic N) is 6. The SMILES string of the molecule is COc1cc(NC(=S)N2CCN(c3nc4c(c(=O)n(C)c(=O)n4C)n3Cc3ccccc3Cl)CC2)cc(OC)c1. The Morgan fingerprint density at radius 1 is 1.00 bits per heavy atom. The van der Waals surface area contributed by atoms with Crippen LogP contribution >= 0.6 is 23.8 Å². The molecule has 0 unspecified atom stereocenters. The third-order valence-corrected chi connectivity index (χ3v) is 7.80. The first-order valence-corrected chi connectivity index (χ1v) is 13.4. The molecule has 1 saturated heterocycles. The number of hydrogen-bond acceptors (Lipinski definition) is 7. The summed E-state index contributed by atoms with van der Waals surface area (Å²) in [6, 6.07) is 13.0. The molecular formula is C27H30ClN7O4S. The molecule has 3 heterocycles. The van der Waals surface area contributed by atoms with Crippen molar-refractivity contribution >= 4 is 51.7 Å². The van der Waals surface area contributed by atoms with Crippen LogP contribution in [0.5, 0.6) is 11.5 Å². The van der Waals surface area contributed by atoms with Crippen molar-refractivity contribution in [2.24, 2.45) is 14.1 Å². The van der Waals surface area contributed by atoms with Gasteiger partial charge < -0.3 is 24.6 Å². The van der Waals surface area contributed by atoms with Gasteiger partial charge >= 0.3 is 5.69 Å². The number of nitrogens with one attached hydrogen (secondary N) is 1. The van der Waals surface area contributed by atoms with E-state index in [4.69, 9.17) is 38.3 Å². The fourth-order valence-electron chi connectivity index (χ4n) is 4.81. The van der Waals surface area contributed by atoms with Gasteiger partial charge in [-0.3, -0.25) is 18.5 Å². The Kier molecular flexibility index (Phi) is 7.72. The number of rotatable bonds is 6. The van der Waals surface area contributed by atoms with E-state index < -0.39 is 11.2 Å². The van der Waals surface area contributed by atoms with Crippen molar-refractivity contribution in [2.75, 3.05) is 50.6 Å². The summed E-state index contributed by atoms with van der Waals surface area (Å²) in [5.74, 6) is 1.92. The maximum atomic E-state index is 13.3. The maximum absolute atomic E-state index is 13.3. The zero-order valence-electron chi connectivity index (χ0n) is 22.7. The Morgan fingerprint density at radius 3 is 2.27 bits per heavy atom. The van der Waals surface area contributed by atoms with Crippen LogP contribution in [0.2, 0.25) is 5.02 Å². The van der Waals surface area contributed by atoms with E-state index in [-0.39, 0.29) is 0 Å². The lowest BCUT2D eigenvalue weighted by Crippen LogP contribution is -2.50. The predicted octanol–water partition coefficient (Wildman–Crippen LogP) is 2.67. The molecule has 11 nitrogen and oxygen atoms in total. The summed E-state index contributed by atoms with van der Waals surface area (Å²) < 4.78 is 15.1. The number of thiocarbonyl (C=S) groups is 1. The van der Waals surface area contributed by atoms with Gasteiger partial charge in [0.1, 0.15) is 11.5 Å². The third-order valence-electron chi connectivity index (χ3n) is 7.07. The zero-order valence-corrected chi connectivity index (χ0v) is 24.3. The van der Waals surface area contributed by atoms with Gasteiger partial charge in [0.05, 0.1) is 20.8 Å². The maximum Gasteiger partial charge on any atom is 0.332 e. The molecule has 2 aromatic carbocycles. The number of benzene rings is 2. The summed E-state index contributed by atoms with van der Waals surface area (Å²) in [6.45, 7) is 2.78. The first kappa shape index (κ1) is 27.5. The van der Waals surface area contributed by atoms with Gasteiger partial charge in [-0.1, -0.05) is 29.8 Å². The highest BCUT2D eigenvalue weighted by atomic mass is 35.5. The average Bonchev–Trinajstić information content (AvgIpc) is 3.35. The predicted molar refractivity (Wildman–Crippen MR) is 160 cm³/mol. The second kappa shape index (κ2) is 11.2. The summed E-state index contributed by atoms with van der Waals surface area (Å²) in [5.41, 5.74) is 1.47. The first-order chi connectivity index (χ1) is 19.2. The number of aromatic nitrogens is 4. The third kappa shape index (κ3) is 5.11. The highest BCUT2D eigenvalue weighted by Crippen LogP contribution is 2.27. The first-order valence-electron chi connectivity index (χ1n) is 12.7. The fraction of sp³-hybridized carbons (Fsp3) is 0.333. The van der Waals surface area contributed by atoms with Crippen molar-refractivity contribution in [1.29, 1.82) is 0 Å². The van der Waals surface area contributed by atoms with E-state index in [0.717, 1.165) is 15.8 Å². The lowest BCUT2D eigenvalue weighted by atomic mass is 10.2. The lowest BCUT2D eigenvalue weighted by Gasteiger charge is -2.36. The number of anilines is 2. The molecule has 4 aromatic rings. The number of halogens is 1. The van der Waals surface area contributed by atoms with Crippen LogP contribution in [-0.2, 0) is 20.6 Å². The smallest absolute Gasteiger partial charge is 0.332 e. The molecule has 5 rings (SSSR count). The molecule has 2 aromatic heterocycles. The second-order valence-corrected chi connectivity index (χ2v) is 10.3. The topological polar surface area (TPSA) is 98.8 Å². The Bertz CT molecular complexity index is 1680. The molecular weight excluding hydrogens is 554 g/mol. The average molecular weight is 584 g/mol. The van der Waals surface area contributed by atoms with Gasteiger partial charge in [0.15, 0.2) is 16.3 Å². The van der Waals surface area contributed by atoms with E-state index in [1.807, 2.05) is 41.0 Å². The summed E-state index contributed by atoms with van der Waals surface area (Å²) in [6.07, 6.45) is 0. The monoisotopic (exact) mass is 583 g/mol. The largest absolute Gasteiger partial charge is 0.497 e. The van der Waals surface area contributed by atoms with Crippen molar-refractivity contribution in [3.8, 4) is 11.5 Å². The van der Waals surface area contributed by atoms with Gasteiger partial charge in [0, 0.05) is 69.2 Å². The van der Waals surface area contributed by atoms with Crippen LogP contribution in [0.4, 0.5) is 11.6 Å². The van der Waals surface area contributed by atoms with Crippen LogP contribution in [0.1, 0.15) is 5.56 Å². The van der Waals surface area contributed by atoms with Gasteiger partial charge in [0.25, 0.3) is 5.56 Å². The van der Waals surface area contributed by atoms with E-state index in [0.29, 0.717) is 71.5 Å². The number of aryl methyl sites for hydroxylation is 1. The van der Waals surface area contributed by atoms with E-state index >= 15 is 0 Å². The van der Waals surface area contributed by atoms with Crippen LogP contribution in [0, 0.1) is 0 Å². The van der Waals surface area contributed by atoms with Crippen molar-refractivity contribution in [3.05, 3.63) is 73.9 Å². The Hall–Kier alpha value is -4.03. The van der Waals surface area contributed by atoms with Gasteiger partial charge in [-0.25, -0.2) is 4.79 Å². The molecule has 210 valence electrons. The van der Waals surface area contributed by atoms with Crippen LogP contribution < -0.4 is 30.9 Å². The number of ether oxygens (including phenoxy) is 2. The minimum absolute atomic E-state index is 0.330. The van der Waals surface area contributed by atoms with Crippen LogP contribution in [-0.4, -0.2) is 69.1 Å². The molecule has 0 spiro atoms. The van der Waals surface area contributed by atoms with E-state index in [9.17, 15) is 9.59 Å². The number of hydrogen-bond donors (Lipinski definition) is 1. The van der Waals surface area contributed by atoms with Crippen molar-refractivity contribution in [3.63, 3.8) is 0 Å². The van der Waals surface area contributed by atoms with E-state index in [2.05, 4.69) is 15.1 Å². The minimum Gasteiger partial charge on any atom is -0.497 e. The molecule has 0 saturated carbocycles. The number of piperazine rings is 1. The molecule has 13 heteroatoms. The summed E-state index contributed by atoms with van der Waals surface area (Å²) in [7, 11) is 6.29. The van der Waals surface area contributed by atoms with Crippen molar-refractivity contribution in [1.82, 2.24) is 23.6 Å². The molecule has 1 aliphatic rings. The zero-order chi connectivity index (χ0) is 28.6. The molecule has 0 aliphatic carbocycles. The molecule has 0 amide bonds. The summed E-state index contributed by atoms with van der Waals surface area (Å²) in [4.78, 5) is 34.9. The molecule has 1 fully saturated rings. The van der Waals surface area contributed by atoms with E-state index in [1.165, 1.54) is 11.6 Å². The van der Waals surface area contributed by atoms with Gasteiger partial charge in [-0.05, 0) is 23.8 Å². The minimum atomic E-state index is -0.429. The molecule has 40 heavy (non-hydrogen) atoms. The standard InChI is InChI=1S/C27H30ClN7O4S/c1-31-23-22(24(36)32(2)27(31)37)35(16-17-7-5-6-8-21(17)28)25(30-23)33-9-11-34(12-10-33)26(40)29-18-13-19(38-3)15-20(14-18)39-4/h5-8,13-15H,9-12,16H2,1-4H3,(H,29,40). The molecule has 0 bridgehead atoms. The summed E-state index contributed by atoms with van der Waals surface area (Å²) in [5, 5.41) is 4.45. The lowest BCUT2D eigenvalue weighted by molar-refractivity contribution is 0.386. The van der Waals surface area contributed by atoms with Crippen LogP contribution in [0.15, 0.2) is 52.1 Å². The Morgan fingerprint density at radius 2 is 1.65 bits per heavy atom. The number of methoxy groups -OCH3 is 2. The van der Waals surface area contributed by atoms with Gasteiger partial charge in [0.2, 0.25) is 5.95 Å². The van der Waals surface area contributed by atoms with Gasteiger partial charge in [-0.2, -0.15) is 4.98 Å². The summed E-state index contributed by atoms with van der Waals surface area (Å²) >= 11 is 12.2. The highest BCUT2D eigenvalue weighted by molar-refractivity contribution is 7.80. The Labute approximate surface area is 241 Å². The fourth-order valence-corrected chi connectivity index (χ4v) is 5.31. The van der Waals surface area contributed by atoms with Crippen molar-refractivity contribution in [2.45, 2.75) is 6.54 Å². The molecule has 0 atom stereocenters. The van der Waals surface area contributed by atoms with Gasteiger partial charge in [-0.15, -0.1) is 0 Å². The molecule has 1 N–H and O–H groups in total. The molecule has 0 radical (unpaired) electrons. The van der Waals surface area contributed by atoms with Crippen molar-refractivity contribution < 1.29 is 9.47 Å². The van der Waals surface area contributed by atoms with Crippen LogP contribution in [0.25, 0.3) is 11.2 Å². The quantitative estimate of drug-likeness (QED) is 0.344. The van der Waals surface area contributed by atoms with Crippen LogP contribution in [0.3, 0.4) is 0 Å². The highest BCUT2D eigenvalue weighted by Gasteiger charge is 2.27. The molecule has 1 aliphatic heterocycles. The number of fused-ring (bicyclic) bond motifs is 1. The van der Waals surface area contributed by atoms with E-state index in [1.54, 1.807) is 27.3 Å². The number of imidazole rings is 1.